The van der Waals surface area contributed by atoms with Gasteiger partial charge in [0, 0.05) is 10.7 Å². The van der Waals surface area contributed by atoms with E-state index < -0.39 is 11.6 Å². The first-order valence-electron chi connectivity index (χ1n) is 5.72. The monoisotopic (exact) mass is 352 g/mol. The standard InChI is InChI=1S/C12H7BrF2N6/c13-6-3-4-7(14)10(15)9(6)12-18-19-20-21(12)8-2-1-5-17-11(8)16/h1-5H,(H2,16,17). The summed E-state index contributed by atoms with van der Waals surface area (Å²) in [5, 5.41) is 11.0. The third-order valence-electron chi connectivity index (χ3n) is 2.78. The molecule has 0 saturated heterocycles. The highest BCUT2D eigenvalue weighted by Gasteiger charge is 2.21. The van der Waals surface area contributed by atoms with Crippen LogP contribution in [-0.2, 0) is 0 Å². The first kappa shape index (κ1) is 13.6. The van der Waals surface area contributed by atoms with Gasteiger partial charge in [0.05, 0.1) is 5.56 Å². The summed E-state index contributed by atoms with van der Waals surface area (Å²) in [6, 6.07) is 5.64. The van der Waals surface area contributed by atoms with Crippen LogP contribution in [-0.4, -0.2) is 25.2 Å². The van der Waals surface area contributed by atoms with Gasteiger partial charge in [-0.25, -0.2) is 13.8 Å². The Hall–Kier alpha value is -2.42. The molecule has 2 heterocycles. The summed E-state index contributed by atoms with van der Waals surface area (Å²) in [5.74, 6) is -1.87. The van der Waals surface area contributed by atoms with Crippen molar-refractivity contribution in [1.82, 2.24) is 25.2 Å². The number of aromatic nitrogens is 5. The number of nitrogen functional groups attached to an aromatic ring is 1. The maximum absolute atomic E-state index is 14.1. The van der Waals surface area contributed by atoms with Gasteiger partial charge in [-0.1, -0.05) is 0 Å². The van der Waals surface area contributed by atoms with Crippen LogP contribution in [0.3, 0.4) is 0 Å². The van der Waals surface area contributed by atoms with Crippen molar-refractivity contribution in [3.63, 3.8) is 0 Å². The number of benzene rings is 1. The number of nitrogens with zero attached hydrogens (tertiary/aromatic N) is 5. The summed E-state index contributed by atoms with van der Waals surface area (Å²) in [6.45, 7) is 0. The molecule has 21 heavy (non-hydrogen) atoms. The van der Waals surface area contributed by atoms with Crippen LogP contribution >= 0.6 is 15.9 Å². The van der Waals surface area contributed by atoms with Crippen molar-refractivity contribution >= 4 is 21.7 Å². The van der Waals surface area contributed by atoms with Gasteiger partial charge in [-0.05, 0) is 50.6 Å². The van der Waals surface area contributed by atoms with Crippen LogP contribution in [0.2, 0.25) is 0 Å². The number of hydrogen-bond donors (Lipinski definition) is 1. The minimum atomic E-state index is -1.05. The van der Waals surface area contributed by atoms with Gasteiger partial charge in [-0.15, -0.1) is 5.10 Å². The Morgan fingerprint density at radius 1 is 1.19 bits per heavy atom. The number of rotatable bonds is 2. The summed E-state index contributed by atoms with van der Waals surface area (Å²) in [5.41, 5.74) is 6.03. The van der Waals surface area contributed by atoms with E-state index in [1.54, 1.807) is 12.1 Å². The van der Waals surface area contributed by atoms with Crippen LogP contribution in [0, 0.1) is 11.6 Å². The smallest absolute Gasteiger partial charge is 0.191 e. The summed E-state index contributed by atoms with van der Waals surface area (Å²) in [4.78, 5) is 3.91. The molecule has 0 unspecified atom stereocenters. The first-order chi connectivity index (χ1) is 10.1. The molecule has 0 radical (unpaired) electrons. The lowest BCUT2D eigenvalue weighted by molar-refractivity contribution is 0.509. The number of hydrogen-bond acceptors (Lipinski definition) is 5. The van der Waals surface area contributed by atoms with Crippen molar-refractivity contribution in [3.05, 3.63) is 46.6 Å². The topological polar surface area (TPSA) is 82.5 Å². The number of halogens is 3. The summed E-state index contributed by atoms with van der Waals surface area (Å²) in [6.07, 6.45) is 1.50. The van der Waals surface area contributed by atoms with Gasteiger partial charge >= 0.3 is 0 Å². The fourth-order valence-corrected chi connectivity index (χ4v) is 2.31. The normalized spacial score (nSPS) is 10.8. The molecule has 2 aromatic heterocycles. The van der Waals surface area contributed by atoms with Gasteiger partial charge in [0.2, 0.25) is 0 Å². The molecule has 3 aromatic rings. The van der Waals surface area contributed by atoms with E-state index >= 15 is 0 Å². The molecule has 0 fully saturated rings. The fourth-order valence-electron chi connectivity index (χ4n) is 1.83. The van der Waals surface area contributed by atoms with Gasteiger partial charge in [-0.3, -0.25) is 0 Å². The van der Waals surface area contributed by atoms with Gasteiger partial charge in [-0.2, -0.15) is 4.68 Å². The number of pyridine rings is 1. The quantitative estimate of drug-likeness (QED) is 0.715. The van der Waals surface area contributed by atoms with E-state index in [4.69, 9.17) is 5.73 Å². The van der Waals surface area contributed by atoms with Crippen LogP contribution < -0.4 is 5.73 Å². The highest BCUT2D eigenvalue weighted by molar-refractivity contribution is 9.10. The van der Waals surface area contributed by atoms with Crippen LogP contribution in [0.15, 0.2) is 34.9 Å². The molecule has 0 aliphatic carbocycles. The van der Waals surface area contributed by atoms with E-state index in [2.05, 4.69) is 36.4 Å². The van der Waals surface area contributed by atoms with E-state index in [1.807, 2.05) is 0 Å². The molecule has 9 heteroatoms. The molecule has 1 aromatic carbocycles. The number of nitrogens with two attached hydrogens (primary N) is 1. The Labute approximate surface area is 125 Å². The molecule has 3 rings (SSSR count). The van der Waals surface area contributed by atoms with Crippen molar-refractivity contribution in [2.75, 3.05) is 5.73 Å². The summed E-state index contributed by atoms with van der Waals surface area (Å²) >= 11 is 3.17. The second-order valence-electron chi connectivity index (χ2n) is 4.04. The van der Waals surface area contributed by atoms with E-state index in [1.165, 1.54) is 16.9 Å². The average Bonchev–Trinajstić information content (AvgIpc) is 2.93. The maximum atomic E-state index is 14.1. The van der Waals surface area contributed by atoms with Crippen LogP contribution in [0.4, 0.5) is 14.6 Å². The van der Waals surface area contributed by atoms with E-state index in [0.717, 1.165) is 6.07 Å². The van der Waals surface area contributed by atoms with E-state index in [9.17, 15) is 8.78 Å². The van der Waals surface area contributed by atoms with E-state index in [0.29, 0.717) is 10.2 Å². The van der Waals surface area contributed by atoms with Crippen molar-refractivity contribution < 1.29 is 8.78 Å². The Bertz CT molecular complexity index is 819. The van der Waals surface area contributed by atoms with Crippen LogP contribution in [0.25, 0.3) is 17.1 Å². The first-order valence-corrected chi connectivity index (χ1v) is 6.52. The minimum absolute atomic E-state index is 0.0126. The van der Waals surface area contributed by atoms with Crippen LogP contribution in [0.1, 0.15) is 0 Å². The molecule has 0 aliphatic heterocycles. The molecule has 6 nitrogen and oxygen atoms in total. The lowest BCUT2D eigenvalue weighted by atomic mass is 10.2. The van der Waals surface area contributed by atoms with E-state index in [-0.39, 0.29) is 17.2 Å². The van der Waals surface area contributed by atoms with Gasteiger partial charge < -0.3 is 5.73 Å². The molecule has 0 spiro atoms. The van der Waals surface area contributed by atoms with Gasteiger partial charge in [0.1, 0.15) is 11.5 Å². The highest BCUT2D eigenvalue weighted by atomic mass is 79.9. The lowest BCUT2D eigenvalue weighted by Gasteiger charge is -2.09. The second-order valence-corrected chi connectivity index (χ2v) is 4.89. The minimum Gasteiger partial charge on any atom is -0.382 e. The molecule has 106 valence electrons. The Kier molecular flexibility index (Phi) is 3.34. The second kappa shape index (κ2) is 5.17. The molecule has 0 bridgehead atoms. The van der Waals surface area contributed by atoms with Gasteiger partial charge in [0.25, 0.3) is 0 Å². The Balaban J connectivity index is 2.26. The zero-order valence-corrected chi connectivity index (χ0v) is 11.9. The van der Waals surface area contributed by atoms with Crippen molar-refractivity contribution in [2.45, 2.75) is 0 Å². The Morgan fingerprint density at radius 2 is 2.00 bits per heavy atom. The predicted octanol–water partition coefficient (Wildman–Crippen LogP) is 2.35. The summed E-state index contributed by atoms with van der Waals surface area (Å²) in [7, 11) is 0. The predicted molar refractivity (Wildman–Crippen MR) is 74.4 cm³/mol. The molecular weight excluding hydrogens is 346 g/mol. The number of anilines is 1. The third kappa shape index (κ3) is 2.25. The molecule has 0 atom stereocenters. The molecule has 0 saturated carbocycles. The maximum Gasteiger partial charge on any atom is 0.191 e. The molecule has 2 N–H and O–H groups in total. The highest BCUT2D eigenvalue weighted by Crippen LogP contribution is 2.32. The lowest BCUT2D eigenvalue weighted by Crippen LogP contribution is -2.06. The van der Waals surface area contributed by atoms with Gasteiger partial charge in [0.15, 0.2) is 17.5 Å². The van der Waals surface area contributed by atoms with Crippen molar-refractivity contribution in [3.8, 4) is 17.1 Å². The zero-order chi connectivity index (χ0) is 15.0. The summed E-state index contributed by atoms with van der Waals surface area (Å²) < 4.78 is 29.0. The van der Waals surface area contributed by atoms with Crippen molar-refractivity contribution in [1.29, 1.82) is 0 Å². The third-order valence-corrected chi connectivity index (χ3v) is 3.44. The van der Waals surface area contributed by atoms with Crippen LogP contribution in [0.5, 0.6) is 0 Å². The molecule has 0 aliphatic rings. The molecular formula is C12H7BrF2N6. The fraction of sp³-hybridized carbons (Fsp3) is 0. The number of tetrazole rings is 1. The average molecular weight is 353 g/mol. The Morgan fingerprint density at radius 3 is 2.76 bits per heavy atom. The molecule has 0 amide bonds. The SMILES string of the molecule is Nc1ncccc1-n1nnnc1-c1c(Br)ccc(F)c1F. The largest absolute Gasteiger partial charge is 0.382 e. The zero-order valence-electron chi connectivity index (χ0n) is 10.3. The van der Waals surface area contributed by atoms with Crippen molar-refractivity contribution in [2.24, 2.45) is 0 Å².